The molecule has 1 aliphatic rings. The summed E-state index contributed by atoms with van der Waals surface area (Å²) in [5, 5.41) is 38.8. The number of carboxylic acids is 1. The first-order valence-electron chi connectivity index (χ1n) is 9.08. The number of carboxylic acid groups (broad SMARTS) is 1. The van der Waals surface area contributed by atoms with Crippen molar-refractivity contribution in [1.82, 2.24) is 0 Å². The fraction of sp³-hybridized carbons (Fsp3) is 0.143. The summed E-state index contributed by atoms with van der Waals surface area (Å²) in [6, 6.07) is 10.6. The summed E-state index contributed by atoms with van der Waals surface area (Å²) in [5.41, 5.74) is -0.374. The summed E-state index contributed by atoms with van der Waals surface area (Å²) >= 11 is 0. The van der Waals surface area contributed by atoms with Crippen molar-refractivity contribution in [1.29, 1.82) is 0 Å². The van der Waals surface area contributed by atoms with Gasteiger partial charge in [0.05, 0.1) is 0 Å². The first kappa shape index (κ1) is 21.0. The van der Waals surface area contributed by atoms with E-state index in [9.17, 15) is 34.5 Å². The number of aliphatic hydroxyl groups is 1. The van der Waals surface area contributed by atoms with Crippen molar-refractivity contribution in [2.45, 2.75) is 18.5 Å². The fourth-order valence-electron chi connectivity index (χ4n) is 3.16. The van der Waals surface area contributed by atoms with Gasteiger partial charge in [0.2, 0.25) is 11.5 Å². The minimum absolute atomic E-state index is 0.133. The van der Waals surface area contributed by atoms with Crippen molar-refractivity contribution >= 4 is 28.5 Å². The van der Waals surface area contributed by atoms with Gasteiger partial charge in [0.1, 0.15) is 16.7 Å². The molecule has 0 aliphatic carbocycles. The molecule has 0 radical (unpaired) electrons. The maximum Gasteiger partial charge on any atom is 0.336 e. The monoisotopic (exact) mass is 442 g/mol. The third kappa shape index (κ3) is 3.45. The Labute approximate surface area is 177 Å². The first-order valence-corrected chi connectivity index (χ1v) is 9.08. The Morgan fingerprint density at radius 2 is 1.66 bits per heavy atom. The van der Waals surface area contributed by atoms with E-state index in [4.69, 9.17) is 19.0 Å². The molecule has 11 nitrogen and oxygen atoms in total. The predicted molar refractivity (Wildman–Crippen MR) is 104 cm³/mol. The molecule has 11 heteroatoms. The molecule has 4 rings (SSSR count). The van der Waals surface area contributed by atoms with Crippen molar-refractivity contribution in [3.05, 3.63) is 52.7 Å². The highest BCUT2D eigenvalue weighted by Gasteiger charge is 2.48. The molecule has 1 aliphatic heterocycles. The third-order valence-corrected chi connectivity index (χ3v) is 4.75. The van der Waals surface area contributed by atoms with Crippen LogP contribution in [0.15, 0.2) is 51.7 Å². The normalized spacial score (nSPS) is 21.0. The number of rotatable bonds is 4. The summed E-state index contributed by atoms with van der Waals surface area (Å²) < 4.78 is 15.6. The van der Waals surface area contributed by atoms with Crippen LogP contribution < -0.4 is 10.2 Å². The number of benzene rings is 2. The van der Waals surface area contributed by atoms with E-state index < -0.39 is 58.7 Å². The fourth-order valence-corrected chi connectivity index (χ4v) is 3.16. The van der Waals surface area contributed by atoms with Crippen LogP contribution in [0.3, 0.4) is 0 Å². The van der Waals surface area contributed by atoms with Gasteiger partial charge in [0.15, 0.2) is 29.1 Å². The van der Waals surface area contributed by atoms with Crippen molar-refractivity contribution in [3.63, 3.8) is 0 Å². The zero-order chi connectivity index (χ0) is 23.2. The molecule has 0 amide bonds. The van der Waals surface area contributed by atoms with Gasteiger partial charge in [-0.1, -0.05) is 30.3 Å². The number of phenols is 2. The van der Waals surface area contributed by atoms with E-state index in [1.807, 2.05) is 0 Å². The van der Waals surface area contributed by atoms with Crippen molar-refractivity contribution in [3.8, 4) is 28.6 Å². The molecule has 0 saturated carbocycles. The SMILES string of the molecule is O=C1C(=O)C(O)[C@@H](C(=O)O)OC1Oc1cc2oc(-c3ccccc3)cc(=O)c2c(O)c1O. The largest absolute Gasteiger partial charge is 0.504 e. The average Bonchev–Trinajstić information content (AvgIpc) is 2.77. The number of Topliss-reactive ketones (excluding diaryl/α,β-unsaturated/α-hetero) is 2. The number of carbonyl (C=O) groups is 3. The van der Waals surface area contributed by atoms with Crippen LogP contribution in [0.2, 0.25) is 0 Å². The molecular formula is C21H14O11. The van der Waals surface area contributed by atoms with Gasteiger partial charge in [-0.15, -0.1) is 0 Å². The number of aliphatic carboxylic acids is 1. The van der Waals surface area contributed by atoms with E-state index in [0.717, 1.165) is 12.1 Å². The van der Waals surface area contributed by atoms with Crippen LogP contribution in [-0.2, 0) is 19.1 Å². The summed E-state index contributed by atoms with van der Waals surface area (Å²) in [4.78, 5) is 47.6. The lowest BCUT2D eigenvalue weighted by atomic mass is 10.0. The maximum absolute atomic E-state index is 12.5. The lowest BCUT2D eigenvalue weighted by Crippen LogP contribution is -2.56. The maximum atomic E-state index is 12.5. The van der Waals surface area contributed by atoms with Gasteiger partial charge < -0.3 is 34.3 Å². The number of aliphatic hydroxyl groups excluding tert-OH is 1. The second-order valence-corrected chi connectivity index (χ2v) is 6.80. The Morgan fingerprint density at radius 3 is 2.31 bits per heavy atom. The molecule has 1 saturated heterocycles. The zero-order valence-corrected chi connectivity index (χ0v) is 15.9. The van der Waals surface area contributed by atoms with E-state index in [-0.39, 0.29) is 16.7 Å². The van der Waals surface area contributed by atoms with Gasteiger partial charge >= 0.3 is 5.97 Å². The van der Waals surface area contributed by atoms with Gasteiger partial charge in [-0.25, -0.2) is 4.79 Å². The molecule has 0 spiro atoms. The van der Waals surface area contributed by atoms with Crippen LogP contribution in [0, 0.1) is 0 Å². The molecule has 32 heavy (non-hydrogen) atoms. The molecular weight excluding hydrogens is 428 g/mol. The van der Waals surface area contributed by atoms with Crippen molar-refractivity contribution in [2.24, 2.45) is 0 Å². The summed E-state index contributed by atoms with van der Waals surface area (Å²) in [5.74, 6) is -6.99. The Balaban J connectivity index is 1.78. The van der Waals surface area contributed by atoms with Crippen LogP contribution in [-0.4, -0.2) is 56.5 Å². The lowest BCUT2D eigenvalue weighted by Gasteiger charge is -2.29. The number of carbonyl (C=O) groups excluding carboxylic acids is 2. The summed E-state index contributed by atoms with van der Waals surface area (Å²) in [6.07, 6.45) is -6.47. The second kappa shape index (κ2) is 7.80. The highest BCUT2D eigenvalue weighted by Crippen LogP contribution is 2.42. The van der Waals surface area contributed by atoms with Gasteiger partial charge in [-0.05, 0) is 0 Å². The Bertz CT molecular complexity index is 1310. The molecule has 1 fully saturated rings. The van der Waals surface area contributed by atoms with Crippen LogP contribution in [0.1, 0.15) is 0 Å². The Morgan fingerprint density at radius 1 is 0.969 bits per heavy atom. The number of hydrogen-bond acceptors (Lipinski definition) is 10. The lowest BCUT2D eigenvalue weighted by molar-refractivity contribution is -0.202. The van der Waals surface area contributed by atoms with Crippen LogP contribution in [0.5, 0.6) is 17.2 Å². The molecule has 2 aromatic carbocycles. The smallest absolute Gasteiger partial charge is 0.336 e. The third-order valence-electron chi connectivity index (χ3n) is 4.75. The molecule has 3 aromatic rings. The van der Waals surface area contributed by atoms with Gasteiger partial charge in [0.25, 0.3) is 12.1 Å². The number of aromatic hydroxyl groups is 2. The average molecular weight is 442 g/mol. The molecule has 1 aromatic heterocycles. The number of hydrogen-bond donors (Lipinski definition) is 4. The highest BCUT2D eigenvalue weighted by atomic mass is 16.7. The van der Waals surface area contributed by atoms with Gasteiger partial charge in [-0.3, -0.25) is 14.4 Å². The van der Waals surface area contributed by atoms with E-state index in [1.54, 1.807) is 30.3 Å². The van der Waals surface area contributed by atoms with Gasteiger partial charge in [0, 0.05) is 17.7 Å². The molecule has 164 valence electrons. The minimum atomic E-state index is -2.23. The molecule has 2 heterocycles. The molecule has 2 unspecified atom stereocenters. The number of fused-ring (bicyclic) bond motifs is 1. The predicted octanol–water partition coefficient (Wildman–Crippen LogP) is 0.559. The first-order chi connectivity index (χ1) is 15.2. The van der Waals surface area contributed by atoms with Gasteiger partial charge in [-0.2, -0.15) is 0 Å². The van der Waals surface area contributed by atoms with E-state index in [0.29, 0.717) is 5.56 Å². The highest BCUT2D eigenvalue weighted by molar-refractivity contribution is 6.41. The van der Waals surface area contributed by atoms with E-state index in [2.05, 4.69) is 0 Å². The second-order valence-electron chi connectivity index (χ2n) is 6.80. The minimum Gasteiger partial charge on any atom is -0.504 e. The molecule has 3 atom stereocenters. The van der Waals surface area contributed by atoms with E-state index >= 15 is 0 Å². The quantitative estimate of drug-likeness (QED) is 0.327. The molecule has 0 bridgehead atoms. The Kier molecular flexibility index (Phi) is 5.12. The van der Waals surface area contributed by atoms with E-state index in [1.165, 1.54) is 0 Å². The van der Waals surface area contributed by atoms with Crippen LogP contribution in [0.25, 0.3) is 22.3 Å². The topological polar surface area (TPSA) is 181 Å². The number of ketones is 2. The summed E-state index contributed by atoms with van der Waals surface area (Å²) in [6.45, 7) is 0. The zero-order valence-electron chi connectivity index (χ0n) is 15.9. The van der Waals surface area contributed by atoms with Crippen LogP contribution in [0.4, 0.5) is 0 Å². The van der Waals surface area contributed by atoms with Crippen molar-refractivity contribution < 1.29 is 48.7 Å². The standard InChI is InChI=1S/C21H14O11/c22-9-6-10(8-4-2-1-3-5-8)30-11-7-12(14(23)15(24)13(9)11)31-21-18(27)16(25)17(26)19(32-21)20(28)29/h1-7,17,19,21,23-24,26H,(H,28,29)/t17?,19-,21?/m0/s1. The van der Waals surface area contributed by atoms with Crippen molar-refractivity contribution in [2.75, 3.05) is 0 Å². The Hall–Kier alpha value is -4.22. The van der Waals surface area contributed by atoms with Crippen LogP contribution >= 0.6 is 0 Å². The summed E-state index contributed by atoms with van der Waals surface area (Å²) in [7, 11) is 0. The number of ether oxygens (including phenoxy) is 2. The number of phenolic OH excluding ortho intramolecular Hbond substituents is 2. The molecule has 4 N–H and O–H groups in total.